The van der Waals surface area contributed by atoms with Crippen LogP contribution >= 0.6 is 35.0 Å². The maximum Gasteiger partial charge on any atom is 0.326 e. The lowest BCUT2D eigenvalue weighted by Crippen LogP contribution is -2.41. The number of para-hydroxylation sites is 1. The van der Waals surface area contributed by atoms with Crippen LogP contribution in [0.2, 0.25) is 10.0 Å². The molecule has 1 N–H and O–H groups in total. The second-order valence-corrected chi connectivity index (χ2v) is 7.91. The third kappa shape index (κ3) is 4.98. The second kappa shape index (κ2) is 8.86. The van der Waals surface area contributed by atoms with Gasteiger partial charge in [0.2, 0.25) is 5.91 Å². The highest BCUT2D eigenvalue weighted by Crippen LogP contribution is 2.34. The average Bonchev–Trinajstić information content (AvgIpc) is 2.63. The zero-order valence-electron chi connectivity index (χ0n) is 14.8. The molecule has 1 aliphatic rings. The Morgan fingerprint density at radius 1 is 1.21 bits per heavy atom. The molecule has 0 saturated heterocycles. The van der Waals surface area contributed by atoms with Gasteiger partial charge in [0.15, 0.2) is 6.10 Å². The van der Waals surface area contributed by atoms with Gasteiger partial charge < -0.3 is 10.1 Å². The lowest BCUT2D eigenvalue weighted by Gasteiger charge is -2.28. The molecular weight excluding hydrogens is 423 g/mol. The standard InChI is InChI=1S/C19H16Cl2N2O4S/c1-11(19(26)22-14-7-12(20)6-13(21)8-14)27-18(25)9-23-15-4-2-3-5-16(15)28-10-17(23)24/h2-8,11H,9-10H2,1H3,(H,22,26)/t11-/m1/s1. The lowest BCUT2D eigenvalue weighted by atomic mass is 10.2. The molecule has 2 amide bonds. The summed E-state index contributed by atoms with van der Waals surface area (Å²) in [6.45, 7) is 1.18. The third-order valence-corrected chi connectivity index (χ3v) is 5.39. The predicted octanol–water partition coefficient (Wildman–Crippen LogP) is 4.00. The smallest absolute Gasteiger partial charge is 0.326 e. The molecule has 28 heavy (non-hydrogen) atoms. The van der Waals surface area contributed by atoms with E-state index < -0.39 is 18.0 Å². The molecule has 1 atom stereocenters. The summed E-state index contributed by atoms with van der Waals surface area (Å²) in [5.74, 6) is -1.16. The summed E-state index contributed by atoms with van der Waals surface area (Å²) < 4.78 is 5.19. The van der Waals surface area contributed by atoms with E-state index in [-0.39, 0.29) is 18.2 Å². The number of ether oxygens (including phenoxy) is 1. The number of carbonyl (C=O) groups excluding carboxylic acids is 3. The van der Waals surface area contributed by atoms with Crippen molar-refractivity contribution in [2.45, 2.75) is 17.9 Å². The van der Waals surface area contributed by atoms with Gasteiger partial charge in [0.1, 0.15) is 6.54 Å². The van der Waals surface area contributed by atoms with Crippen LogP contribution in [0.1, 0.15) is 6.92 Å². The highest BCUT2D eigenvalue weighted by molar-refractivity contribution is 8.00. The number of hydrogen-bond acceptors (Lipinski definition) is 5. The summed E-state index contributed by atoms with van der Waals surface area (Å²) in [5.41, 5.74) is 1.05. The van der Waals surface area contributed by atoms with Gasteiger partial charge >= 0.3 is 5.97 Å². The minimum Gasteiger partial charge on any atom is -0.451 e. The molecular formula is C19H16Cl2N2O4S. The van der Waals surface area contributed by atoms with Crippen molar-refractivity contribution in [3.8, 4) is 0 Å². The van der Waals surface area contributed by atoms with Gasteiger partial charge in [0, 0.05) is 20.6 Å². The van der Waals surface area contributed by atoms with Crippen molar-refractivity contribution in [3.05, 3.63) is 52.5 Å². The molecule has 146 valence electrons. The second-order valence-electron chi connectivity index (χ2n) is 6.02. The minimum atomic E-state index is -1.06. The molecule has 3 rings (SSSR count). The Kier molecular flexibility index (Phi) is 6.49. The quantitative estimate of drug-likeness (QED) is 0.713. The molecule has 0 aromatic heterocycles. The fourth-order valence-electron chi connectivity index (χ4n) is 2.61. The fourth-order valence-corrected chi connectivity index (χ4v) is 4.08. The number of hydrogen-bond donors (Lipinski definition) is 1. The van der Waals surface area contributed by atoms with Crippen LogP contribution < -0.4 is 10.2 Å². The van der Waals surface area contributed by atoms with E-state index in [0.29, 0.717) is 21.4 Å². The van der Waals surface area contributed by atoms with E-state index in [1.165, 1.54) is 41.8 Å². The monoisotopic (exact) mass is 438 g/mol. The summed E-state index contributed by atoms with van der Waals surface area (Å²) in [4.78, 5) is 39.1. The Bertz CT molecular complexity index is 918. The number of anilines is 2. The van der Waals surface area contributed by atoms with Crippen LogP contribution in [0.15, 0.2) is 47.4 Å². The van der Waals surface area contributed by atoms with Gasteiger partial charge in [-0.25, -0.2) is 0 Å². The van der Waals surface area contributed by atoms with Crippen LogP contribution in [-0.2, 0) is 19.1 Å². The zero-order chi connectivity index (χ0) is 20.3. The van der Waals surface area contributed by atoms with E-state index >= 15 is 0 Å². The maximum atomic E-state index is 12.3. The van der Waals surface area contributed by atoms with Gasteiger partial charge in [-0.15, -0.1) is 11.8 Å². The summed E-state index contributed by atoms with van der Waals surface area (Å²) in [5, 5.41) is 3.32. The molecule has 0 bridgehead atoms. The van der Waals surface area contributed by atoms with Crippen molar-refractivity contribution in [2.24, 2.45) is 0 Å². The topological polar surface area (TPSA) is 75.7 Å². The molecule has 9 heteroatoms. The van der Waals surface area contributed by atoms with E-state index in [2.05, 4.69) is 5.32 Å². The van der Waals surface area contributed by atoms with Gasteiger partial charge in [0.05, 0.1) is 11.4 Å². The van der Waals surface area contributed by atoms with Crippen molar-refractivity contribution in [1.82, 2.24) is 0 Å². The molecule has 0 unspecified atom stereocenters. The zero-order valence-corrected chi connectivity index (χ0v) is 17.1. The molecule has 0 saturated carbocycles. The van der Waals surface area contributed by atoms with Crippen LogP contribution in [0.5, 0.6) is 0 Å². The molecule has 2 aromatic carbocycles. The Balaban J connectivity index is 1.61. The summed E-state index contributed by atoms with van der Waals surface area (Å²) in [6, 6.07) is 11.9. The molecule has 0 aliphatic carbocycles. The van der Waals surface area contributed by atoms with Gasteiger partial charge in [0.25, 0.3) is 5.91 Å². The van der Waals surface area contributed by atoms with Crippen LogP contribution in [0.25, 0.3) is 0 Å². The number of nitrogens with one attached hydrogen (secondary N) is 1. The fraction of sp³-hybridized carbons (Fsp3) is 0.211. The minimum absolute atomic E-state index is 0.189. The van der Waals surface area contributed by atoms with E-state index in [0.717, 1.165) is 4.90 Å². The van der Waals surface area contributed by atoms with Crippen LogP contribution in [-0.4, -0.2) is 36.2 Å². The van der Waals surface area contributed by atoms with Crippen LogP contribution in [0, 0.1) is 0 Å². The van der Waals surface area contributed by atoms with E-state index in [1.54, 1.807) is 12.1 Å². The molecule has 1 heterocycles. The number of amides is 2. The first kappa shape index (κ1) is 20.5. The van der Waals surface area contributed by atoms with Crippen molar-refractivity contribution in [3.63, 3.8) is 0 Å². The molecule has 1 aliphatic heterocycles. The number of fused-ring (bicyclic) bond motifs is 1. The number of esters is 1. The first-order chi connectivity index (χ1) is 13.3. The van der Waals surface area contributed by atoms with Gasteiger partial charge in [-0.1, -0.05) is 35.3 Å². The van der Waals surface area contributed by atoms with E-state index in [9.17, 15) is 14.4 Å². The Morgan fingerprint density at radius 2 is 1.89 bits per heavy atom. The number of halogens is 2. The first-order valence-corrected chi connectivity index (χ1v) is 10.1. The summed E-state index contributed by atoms with van der Waals surface area (Å²) >= 11 is 13.2. The largest absolute Gasteiger partial charge is 0.451 e. The Labute approximate surface area is 176 Å². The number of nitrogens with zero attached hydrogens (tertiary/aromatic N) is 1. The van der Waals surface area contributed by atoms with Gasteiger partial charge in [-0.2, -0.15) is 0 Å². The maximum absolute atomic E-state index is 12.3. The molecule has 0 spiro atoms. The number of thioether (sulfide) groups is 1. The number of rotatable bonds is 5. The molecule has 2 aromatic rings. The normalized spacial score (nSPS) is 14.2. The first-order valence-electron chi connectivity index (χ1n) is 8.32. The Hall–Kier alpha value is -2.22. The molecule has 0 fully saturated rings. The molecule has 0 radical (unpaired) electrons. The van der Waals surface area contributed by atoms with Crippen molar-refractivity contribution >= 4 is 64.1 Å². The van der Waals surface area contributed by atoms with Crippen molar-refractivity contribution < 1.29 is 19.1 Å². The number of benzene rings is 2. The van der Waals surface area contributed by atoms with Crippen LogP contribution in [0.4, 0.5) is 11.4 Å². The van der Waals surface area contributed by atoms with E-state index in [1.807, 2.05) is 12.1 Å². The predicted molar refractivity (Wildman–Crippen MR) is 110 cm³/mol. The number of carbonyl (C=O) groups is 3. The van der Waals surface area contributed by atoms with Crippen LogP contribution in [0.3, 0.4) is 0 Å². The van der Waals surface area contributed by atoms with Crippen molar-refractivity contribution in [2.75, 3.05) is 22.5 Å². The van der Waals surface area contributed by atoms with E-state index in [4.69, 9.17) is 27.9 Å². The van der Waals surface area contributed by atoms with Gasteiger partial charge in [-0.3, -0.25) is 19.3 Å². The highest BCUT2D eigenvalue weighted by Gasteiger charge is 2.28. The lowest BCUT2D eigenvalue weighted by molar-refractivity contribution is -0.152. The SMILES string of the molecule is C[C@@H](OC(=O)CN1C(=O)CSc2ccccc21)C(=O)Nc1cc(Cl)cc(Cl)c1. The summed E-state index contributed by atoms with van der Waals surface area (Å²) in [7, 11) is 0. The Morgan fingerprint density at radius 3 is 2.61 bits per heavy atom. The van der Waals surface area contributed by atoms with Gasteiger partial charge in [-0.05, 0) is 37.3 Å². The third-order valence-electron chi connectivity index (χ3n) is 3.90. The highest BCUT2D eigenvalue weighted by atomic mass is 35.5. The molecule has 6 nitrogen and oxygen atoms in total. The average molecular weight is 439 g/mol. The van der Waals surface area contributed by atoms with Crippen molar-refractivity contribution in [1.29, 1.82) is 0 Å². The summed E-state index contributed by atoms with van der Waals surface area (Å²) in [6.07, 6.45) is -1.06.